The first-order chi connectivity index (χ1) is 22.8. The number of hydrazine groups is 2. The Hall–Kier alpha value is -5.92. The van der Waals surface area contributed by atoms with Crippen LogP contribution in [-0.2, 0) is 25.7 Å². The molecule has 4 amide bonds. The van der Waals surface area contributed by atoms with E-state index in [2.05, 4.69) is 55.4 Å². The molecule has 48 heavy (non-hydrogen) atoms. The molecule has 5 N–H and O–H groups in total. The van der Waals surface area contributed by atoms with Crippen LogP contribution in [0.15, 0.2) is 42.5 Å². The van der Waals surface area contributed by atoms with E-state index in [4.69, 9.17) is 12.2 Å². The summed E-state index contributed by atoms with van der Waals surface area (Å²) in [6.45, 7) is 5.07. The van der Waals surface area contributed by atoms with Gasteiger partial charge in [0.2, 0.25) is 11.8 Å². The Morgan fingerprint density at radius 3 is 1.92 bits per heavy atom. The van der Waals surface area contributed by atoms with E-state index in [0.717, 1.165) is 12.0 Å². The lowest BCUT2D eigenvalue weighted by atomic mass is 9.96. The number of carbonyl (C=O) groups is 4. The number of nitrogens with one attached hydrogen (secondary N) is 5. The van der Waals surface area contributed by atoms with Crippen LogP contribution in [0.3, 0.4) is 0 Å². The van der Waals surface area contributed by atoms with Crippen LogP contribution < -0.4 is 21.7 Å². The maximum Gasteiger partial charge on any atom is 0.294 e. The number of aromatic amines is 1. The summed E-state index contributed by atoms with van der Waals surface area (Å²) in [5.41, 5.74) is 10.3. The largest absolute Gasteiger partial charge is 0.313 e. The molecule has 0 fully saturated rings. The fourth-order valence-corrected chi connectivity index (χ4v) is 4.65. The van der Waals surface area contributed by atoms with Gasteiger partial charge in [-0.2, -0.15) is 5.10 Å². The number of aromatic nitrogens is 3. The third-order valence-electron chi connectivity index (χ3n) is 6.64. The summed E-state index contributed by atoms with van der Waals surface area (Å²) in [5.74, 6) is -2.87. The monoisotopic (exact) mass is 687 g/mol. The van der Waals surface area contributed by atoms with Crippen molar-refractivity contribution in [2.75, 3.05) is 13.2 Å². The van der Waals surface area contributed by atoms with Crippen LogP contribution in [0.5, 0.6) is 0 Å². The average Bonchev–Trinajstić information content (AvgIpc) is 3.42. The van der Waals surface area contributed by atoms with Crippen LogP contribution in [0, 0.1) is 30.9 Å². The summed E-state index contributed by atoms with van der Waals surface area (Å²) in [6, 6.07) is 12.1. The highest BCUT2D eigenvalue weighted by atomic mass is 32.1. The lowest BCUT2D eigenvalue weighted by Gasteiger charge is -2.17. The standard InChI is InChI=1S/C28H33N9O10S/c1-16(2)14-18-4-6-19(7-5-18)17(3)25-31-34-28(48)35(25)20-8-9-21(26(40)32-29-23(38)10-12-46-36(42)43)22(15-20)27(41)33-30-24(39)11-13-47-37(44)45/h4-9,15-17H,10-14H2,1-3H3,(H,29,38)(H,30,39)(H,32,40)(H,33,41)(H,34,48). The predicted molar refractivity (Wildman–Crippen MR) is 168 cm³/mol. The number of rotatable bonds is 15. The van der Waals surface area contributed by atoms with Gasteiger partial charge in [-0.3, -0.25) is 50.5 Å². The minimum atomic E-state index is -1.08. The van der Waals surface area contributed by atoms with Crippen molar-refractivity contribution in [2.24, 2.45) is 5.92 Å². The minimum absolute atomic E-state index is 0.181. The highest BCUT2D eigenvalue weighted by molar-refractivity contribution is 7.71. The van der Waals surface area contributed by atoms with Gasteiger partial charge in [0, 0.05) is 5.92 Å². The fourth-order valence-electron chi connectivity index (χ4n) is 4.41. The maximum atomic E-state index is 13.3. The number of nitrogens with zero attached hydrogens (tertiary/aromatic N) is 4. The van der Waals surface area contributed by atoms with Gasteiger partial charge in [-0.25, -0.2) is 0 Å². The van der Waals surface area contributed by atoms with Gasteiger partial charge in [-0.15, -0.1) is 20.2 Å². The van der Waals surface area contributed by atoms with E-state index in [9.17, 15) is 39.4 Å². The van der Waals surface area contributed by atoms with Crippen LogP contribution in [0.2, 0.25) is 0 Å². The van der Waals surface area contributed by atoms with Crippen LogP contribution >= 0.6 is 12.2 Å². The van der Waals surface area contributed by atoms with Gasteiger partial charge in [0.15, 0.2) is 4.77 Å². The van der Waals surface area contributed by atoms with Crippen LogP contribution in [0.25, 0.3) is 5.69 Å². The molecule has 3 aromatic rings. The molecule has 1 heterocycles. The zero-order chi connectivity index (χ0) is 35.4. The number of hydrogen-bond donors (Lipinski definition) is 5. The van der Waals surface area contributed by atoms with Crippen molar-refractivity contribution in [3.63, 3.8) is 0 Å². The highest BCUT2D eigenvalue weighted by Crippen LogP contribution is 2.27. The number of amides is 4. The van der Waals surface area contributed by atoms with Gasteiger partial charge in [0.1, 0.15) is 19.0 Å². The van der Waals surface area contributed by atoms with Crippen LogP contribution in [-0.4, -0.2) is 61.8 Å². The van der Waals surface area contributed by atoms with Crippen molar-refractivity contribution >= 4 is 35.8 Å². The molecule has 0 aliphatic rings. The Morgan fingerprint density at radius 1 is 0.854 bits per heavy atom. The normalized spacial score (nSPS) is 11.2. The lowest BCUT2D eigenvalue weighted by Crippen LogP contribution is -2.44. The van der Waals surface area contributed by atoms with Crippen molar-refractivity contribution in [3.05, 3.63) is 95.5 Å². The van der Waals surface area contributed by atoms with Crippen molar-refractivity contribution in [3.8, 4) is 5.69 Å². The van der Waals surface area contributed by atoms with E-state index in [1.54, 1.807) is 4.57 Å². The molecule has 256 valence electrons. The summed E-state index contributed by atoms with van der Waals surface area (Å²) in [4.78, 5) is 79.2. The van der Waals surface area contributed by atoms with Gasteiger partial charge < -0.3 is 9.68 Å². The maximum absolute atomic E-state index is 13.3. The molecule has 0 saturated heterocycles. The zero-order valence-corrected chi connectivity index (χ0v) is 26.8. The summed E-state index contributed by atoms with van der Waals surface area (Å²) >= 11 is 5.50. The lowest BCUT2D eigenvalue weighted by molar-refractivity contribution is -0.757. The van der Waals surface area contributed by atoms with Gasteiger partial charge in [0.25, 0.3) is 22.0 Å². The minimum Gasteiger partial charge on any atom is -0.313 e. The van der Waals surface area contributed by atoms with Crippen molar-refractivity contribution in [1.29, 1.82) is 0 Å². The molecular weight excluding hydrogens is 654 g/mol. The second-order valence-electron chi connectivity index (χ2n) is 10.6. The van der Waals surface area contributed by atoms with Gasteiger partial charge in [-0.05, 0) is 53.9 Å². The summed E-state index contributed by atoms with van der Waals surface area (Å²) in [7, 11) is 0. The molecule has 2 aromatic carbocycles. The van der Waals surface area contributed by atoms with Crippen molar-refractivity contribution in [2.45, 2.75) is 46.0 Å². The van der Waals surface area contributed by atoms with E-state index >= 15 is 0 Å². The Balaban J connectivity index is 1.91. The molecule has 0 radical (unpaired) electrons. The molecule has 1 unspecified atom stereocenters. The SMILES string of the molecule is CC(C)Cc1ccc(C(C)c2n[nH]c(=S)n2-c2ccc(C(=O)NNC(=O)CCO[N+](=O)[O-])c(C(=O)NNC(=O)CCO[N+](=O)[O-])c2)cc1. The molecule has 0 aliphatic carbocycles. The average molecular weight is 688 g/mol. The van der Waals surface area contributed by atoms with Gasteiger partial charge >= 0.3 is 0 Å². The first-order valence-corrected chi connectivity index (χ1v) is 14.8. The topological polar surface area (TPSA) is 255 Å². The van der Waals surface area contributed by atoms with E-state index < -0.39 is 59.9 Å². The fraction of sp³-hybridized carbons (Fsp3) is 0.357. The number of carbonyl (C=O) groups excluding carboxylic acids is 4. The molecule has 0 spiro atoms. The van der Waals surface area contributed by atoms with Crippen molar-refractivity contribution in [1.82, 2.24) is 36.5 Å². The second kappa shape index (κ2) is 17.1. The quantitative estimate of drug-likeness (QED) is 0.0874. The molecule has 19 nitrogen and oxygen atoms in total. The van der Waals surface area contributed by atoms with Crippen molar-refractivity contribution < 1.29 is 39.0 Å². The molecular formula is C28H33N9O10S. The third-order valence-corrected chi connectivity index (χ3v) is 6.92. The van der Waals surface area contributed by atoms with E-state index in [0.29, 0.717) is 17.4 Å². The summed E-state index contributed by atoms with van der Waals surface area (Å²) in [6.07, 6.45) is -0.00441. The van der Waals surface area contributed by atoms with Gasteiger partial charge in [-0.1, -0.05) is 45.0 Å². The molecule has 20 heteroatoms. The van der Waals surface area contributed by atoms with Crippen LogP contribution in [0.4, 0.5) is 0 Å². The van der Waals surface area contributed by atoms with E-state index in [1.807, 2.05) is 31.2 Å². The Morgan fingerprint density at radius 2 is 1.40 bits per heavy atom. The summed E-state index contributed by atoms with van der Waals surface area (Å²) in [5, 5.41) is 25.6. The van der Waals surface area contributed by atoms with E-state index in [1.165, 1.54) is 23.8 Å². The Bertz CT molecular complexity index is 1720. The summed E-state index contributed by atoms with van der Waals surface area (Å²) < 4.78 is 1.76. The number of hydrogen-bond acceptors (Lipinski definition) is 12. The second-order valence-corrected chi connectivity index (χ2v) is 11.0. The first kappa shape index (κ1) is 36.5. The molecule has 1 aromatic heterocycles. The molecule has 0 aliphatic heterocycles. The number of benzene rings is 2. The Kier molecular flexibility index (Phi) is 13.0. The molecule has 1 atom stereocenters. The zero-order valence-electron chi connectivity index (χ0n) is 26.0. The Labute approximate surface area is 277 Å². The first-order valence-electron chi connectivity index (χ1n) is 14.4. The van der Waals surface area contributed by atoms with Gasteiger partial charge in [0.05, 0.1) is 29.7 Å². The third kappa shape index (κ3) is 10.6. The number of H-pyrrole nitrogens is 1. The molecule has 0 saturated carbocycles. The molecule has 0 bridgehead atoms. The predicted octanol–water partition coefficient (Wildman–Crippen LogP) is 2.00. The van der Waals surface area contributed by atoms with E-state index in [-0.39, 0.29) is 21.8 Å². The van der Waals surface area contributed by atoms with Crippen LogP contribution in [0.1, 0.15) is 77.2 Å². The smallest absolute Gasteiger partial charge is 0.294 e. The highest BCUT2D eigenvalue weighted by Gasteiger charge is 2.23. The molecule has 3 rings (SSSR count).